The highest BCUT2D eigenvalue weighted by Crippen LogP contribution is 2.36. The van der Waals surface area contributed by atoms with Crippen LogP contribution in [0.3, 0.4) is 0 Å². The van der Waals surface area contributed by atoms with E-state index in [0.29, 0.717) is 34.3 Å². The number of hydrogen-bond acceptors (Lipinski definition) is 2. The van der Waals surface area contributed by atoms with Crippen molar-refractivity contribution in [2.75, 3.05) is 6.54 Å². The van der Waals surface area contributed by atoms with Crippen molar-refractivity contribution < 1.29 is 4.79 Å². The smallest absolute Gasteiger partial charge is 0.223 e. The Bertz CT molecular complexity index is 798. The Labute approximate surface area is 151 Å². The van der Waals surface area contributed by atoms with Crippen LogP contribution in [0.5, 0.6) is 0 Å². The molecule has 6 heteroatoms. The Balaban J connectivity index is 1.57. The molecule has 1 amide bonds. The van der Waals surface area contributed by atoms with Crippen molar-refractivity contribution in [3.8, 4) is 11.4 Å². The highest BCUT2D eigenvalue weighted by molar-refractivity contribution is 6.44. The van der Waals surface area contributed by atoms with E-state index in [1.165, 1.54) is 0 Å². The van der Waals surface area contributed by atoms with Gasteiger partial charge in [0.05, 0.1) is 10.0 Å². The minimum atomic E-state index is 0.292. The lowest BCUT2D eigenvalue weighted by molar-refractivity contribution is -0.128. The Morgan fingerprint density at radius 3 is 2.79 bits per heavy atom. The summed E-state index contributed by atoms with van der Waals surface area (Å²) in [6.45, 7) is 3.55. The number of aromatic nitrogens is 2. The molecule has 1 aromatic heterocycles. The first kappa shape index (κ1) is 16.0. The molecule has 4 nitrogen and oxygen atoms in total. The molecule has 126 valence electrons. The monoisotopic (exact) mass is 363 g/mol. The van der Waals surface area contributed by atoms with Gasteiger partial charge in [0.25, 0.3) is 0 Å². The van der Waals surface area contributed by atoms with Gasteiger partial charge < -0.3 is 9.47 Å². The third-order valence-corrected chi connectivity index (χ3v) is 5.89. The highest BCUT2D eigenvalue weighted by Gasteiger charge is 2.39. The zero-order valence-electron chi connectivity index (χ0n) is 13.5. The van der Waals surface area contributed by atoms with E-state index in [1.54, 1.807) is 6.20 Å². The van der Waals surface area contributed by atoms with E-state index in [2.05, 4.69) is 14.5 Å². The summed E-state index contributed by atoms with van der Waals surface area (Å²) in [7, 11) is 0. The van der Waals surface area contributed by atoms with Crippen LogP contribution in [0.2, 0.25) is 10.0 Å². The third kappa shape index (κ3) is 2.82. The van der Waals surface area contributed by atoms with Gasteiger partial charge in [0, 0.05) is 49.4 Å². The first-order valence-electron chi connectivity index (χ1n) is 8.30. The van der Waals surface area contributed by atoms with Crippen LogP contribution < -0.4 is 0 Å². The fourth-order valence-corrected chi connectivity index (χ4v) is 3.93. The molecule has 2 heterocycles. The molecule has 24 heavy (non-hydrogen) atoms. The van der Waals surface area contributed by atoms with Crippen LogP contribution in [0.1, 0.15) is 24.8 Å². The molecular formula is C18H19Cl2N3O. The van der Waals surface area contributed by atoms with E-state index in [1.807, 2.05) is 25.3 Å². The number of carbonyl (C=O) groups excluding carboxylic acids is 1. The molecule has 0 N–H and O–H groups in total. The van der Waals surface area contributed by atoms with Crippen molar-refractivity contribution in [2.24, 2.45) is 5.92 Å². The number of amides is 1. The molecule has 0 unspecified atom stereocenters. The lowest BCUT2D eigenvalue weighted by atomic mass is 10.1. The van der Waals surface area contributed by atoms with Crippen molar-refractivity contribution in [3.05, 3.63) is 40.1 Å². The second-order valence-electron chi connectivity index (χ2n) is 6.81. The van der Waals surface area contributed by atoms with Crippen LogP contribution in [0, 0.1) is 12.8 Å². The van der Waals surface area contributed by atoms with Gasteiger partial charge in [-0.15, -0.1) is 0 Å². The number of aryl methyl sites for hydroxylation is 1. The molecule has 1 aliphatic heterocycles. The van der Waals surface area contributed by atoms with Crippen molar-refractivity contribution in [3.63, 3.8) is 0 Å². The minimum Gasteiger partial charge on any atom is -0.339 e. The van der Waals surface area contributed by atoms with E-state index in [0.717, 1.165) is 42.9 Å². The molecule has 2 aromatic rings. The number of halogens is 2. The fourth-order valence-electron chi connectivity index (χ4n) is 3.47. The van der Waals surface area contributed by atoms with Crippen molar-refractivity contribution in [2.45, 2.75) is 38.8 Å². The highest BCUT2D eigenvalue weighted by atomic mass is 35.5. The number of hydrogen-bond donors (Lipinski definition) is 0. The Morgan fingerprint density at radius 1 is 1.25 bits per heavy atom. The Hall–Kier alpha value is -1.52. The van der Waals surface area contributed by atoms with Crippen molar-refractivity contribution in [1.82, 2.24) is 14.5 Å². The van der Waals surface area contributed by atoms with Crippen LogP contribution in [-0.4, -0.2) is 32.9 Å². The Kier molecular flexibility index (Phi) is 4.05. The van der Waals surface area contributed by atoms with Crippen LogP contribution >= 0.6 is 23.2 Å². The van der Waals surface area contributed by atoms with E-state index in [-0.39, 0.29) is 0 Å². The molecule has 0 radical (unpaired) electrons. The van der Waals surface area contributed by atoms with Crippen molar-refractivity contribution in [1.29, 1.82) is 0 Å². The van der Waals surface area contributed by atoms with Gasteiger partial charge in [-0.3, -0.25) is 4.79 Å². The fraction of sp³-hybridized carbons (Fsp3) is 0.444. The average molecular weight is 364 g/mol. The minimum absolute atomic E-state index is 0.292. The van der Waals surface area contributed by atoms with Crippen LogP contribution in [0.15, 0.2) is 24.5 Å². The zero-order chi connectivity index (χ0) is 16.8. The molecular weight excluding hydrogens is 345 g/mol. The first-order chi connectivity index (χ1) is 11.5. The van der Waals surface area contributed by atoms with E-state index in [9.17, 15) is 4.79 Å². The van der Waals surface area contributed by atoms with Gasteiger partial charge in [0.2, 0.25) is 5.91 Å². The maximum Gasteiger partial charge on any atom is 0.223 e. The van der Waals surface area contributed by atoms with Gasteiger partial charge in [-0.25, -0.2) is 4.98 Å². The lowest BCUT2D eigenvalue weighted by Crippen LogP contribution is -2.27. The normalized spacial score (nSPS) is 20.9. The predicted octanol–water partition coefficient (Wildman–Crippen LogP) is 4.18. The summed E-state index contributed by atoms with van der Waals surface area (Å²) in [6.07, 6.45) is 6.66. The quantitative estimate of drug-likeness (QED) is 0.817. The molecule has 0 spiro atoms. The molecule has 4 rings (SSSR count). The van der Waals surface area contributed by atoms with Gasteiger partial charge in [0.15, 0.2) is 0 Å². The van der Waals surface area contributed by atoms with Gasteiger partial charge in [-0.05, 0) is 31.4 Å². The van der Waals surface area contributed by atoms with Crippen LogP contribution in [0.4, 0.5) is 0 Å². The summed E-state index contributed by atoms with van der Waals surface area (Å²) < 4.78 is 2.08. The maximum absolute atomic E-state index is 12.1. The maximum atomic E-state index is 12.1. The number of likely N-dealkylation sites (tertiary alicyclic amines) is 1. The summed E-state index contributed by atoms with van der Waals surface area (Å²) >= 11 is 12.7. The summed E-state index contributed by atoms with van der Waals surface area (Å²) in [6, 6.07) is 4.41. The second-order valence-corrected chi connectivity index (χ2v) is 7.56. The molecule has 0 bridgehead atoms. The second kappa shape index (κ2) is 6.08. The average Bonchev–Trinajstić information content (AvgIpc) is 3.20. The van der Waals surface area contributed by atoms with E-state index in [4.69, 9.17) is 23.2 Å². The van der Waals surface area contributed by atoms with E-state index < -0.39 is 0 Å². The summed E-state index contributed by atoms with van der Waals surface area (Å²) in [5, 5.41) is 1.10. The van der Waals surface area contributed by atoms with Crippen LogP contribution in [-0.2, 0) is 11.3 Å². The van der Waals surface area contributed by atoms with Gasteiger partial charge >= 0.3 is 0 Å². The lowest BCUT2D eigenvalue weighted by Gasteiger charge is -2.17. The molecule has 1 aromatic carbocycles. The molecule has 2 aliphatic rings. The standard InChI is InChI=1S/C18H19Cl2N3O/c1-11-2-5-14(17(20)16(11)19)18-21-6-7-22(18)9-12-8-15(24)23(10-12)13-3-4-13/h2,5-7,12-13H,3-4,8-10H2,1H3/t12-/m1/s1. The third-order valence-electron chi connectivity index (χ3n) is 4.91. The number of carbonyl (C=O) groups is 1. The molecule has 2 fully saturated rings. The van der Waals surface area contributed by atoms with Gasteiger partial charge in [-0.1, -0.05) is 29.3 Å². The molecule has 1 atom stereocenters. The number of benzene rings is 1. The Morgan fingerprint density at radius 2 is 2.04 bits per heavy atom. The molecule has 1 saturated heterocycles. The predicted molar refractivity (Wildman–Crippen MR) is 95.3 cm³/mol. The zero-order valence-corrected chi connectivity index (χ0v) is 15.0. The molecule has 1 saturated carbocycles. The van der Waals surface area contributed by atoms with Gasteiger partial charge in [0.1, 0.15) is 5.82 Å². The largest absolute Gasteiger partial charge is 0.339 e. The number of nitrogens with zero attached hydrogens (tertiary/aromatic N) is 3. The van der Waals surface area contributed by atoms with Crippen LogP contribution in [0.25, 0.3) is 11.4 Å². The van der Waals surface area contributed by atoms with E-state index >= 15 is 0 Å². The number of rotatable bonds is 4. The summed E-state index contributed by atoms with van der Waals surface area (Å²) in [5.41, 5.74) is 1.78. The topological polar surface area (TPSA) is 38.1 Å². The SMILES string of the molecule is Cc1ccc(-c2nccn2C[C@H]2CC(=O)N(C3CC3)C2)c(Cl)c1Cl. The number of imidazole rings is 1. The first-order valence-corrected chi connectivity index (χ1v) is 9.05. The van der Waals surface area contributed by atoms with Gasteiger partial charge in [-0.2, -0.15) is 0 Å². The summed E-state index contributed by atoms with van der Waals surface area (Å²) in [4.78, 5) is 18.7. The molecule has 1 aliphatic carbocycles. The summed E-state index contributed by atoms with van der Waals surface area (Å²) in [5.74, 6) is 1.42. The van der Waals surface area contributed by atoms with Crippen molar-refractivity contribution >= 4 is 29.1 Å².